The maximum Gasteiger partial charge on any atom is 0.269 e. The van der Waals surface area contributed by atoms with Gasteiger partial charge in [-0.1, -0.05) is 17.7 Å². The summed E-state index contributed by atoms with van der Waals surface area (Å²) in [6, 6.07) is 13.0. The number of carbonyl (C=O) groups is 2. The van der Waals surface area contributed by atoms with Gasteiger partial charge in [0, 0.05) is 60.8 Å². The Morgan fingerprint density at radius 1 is 1.02 bits per heavy atom. The lowest BCUT2D eigenvalue weighted by Crippen LogP contribution is -2.37. The molecule has 0 atom stereocenters. The van der Waals surface area contributed by atoms with Crippen molar-refractivity contribution >= 4 is 29.1 Å². The highest BCUT2D eigenvalue weighted by Gasteiger charge is 2.29. The number of carbonyl (C=O) groups excluding carboxylic acids is 2. The normalized spacial score (nSPS) is 15.6. The van der Waals surface area contributed by atoms with Crippen molar-refractivity contribution in [3.63, 3.8) is 0 Å². The number of hydrogen-bond acceptors (Lipinski definition) is 8. The minimum atomic E-state index is -0.597. The molecule has 11 nitrogen and oxygen atoms in total. The molecule has 1 aliphatic carbocycles. The smallest absolute Gasteiger partial charge is 0.269 e. The number of pyridine rings is 1. The van der Waals surface area contributed by atoms with Crippen molar-refractivity contribution < 1.29 is 23.8 Å². The number of nitrogens with zero attached hydrogens (tertiary/aromatic N) is 4. The summed E-state index contributed by atoms with van der Waals surface area (Å²) in [5.74, 6) is 0.306. The molecule has 4 heterocycles. The molecule has 0 spiro atoms. The number of morpholine rings is 1. The molecule has 0 radical (unpaired) electrons. The summed E-state index contributed by atoms with van der Waals surface area (Å²) in [6.07, 6.45) is 3.54. The number of fused-ring (bicyclic) bond motifs is 4. The fourth-order valence-electron chi connectivity index (χ4n) is 5.81. The molecule has 4 aromatic rings. The van der Waals surface area contributed by atoms with E-state index in [1.165, 1.54) is 6.20 Å². The van der Waals surface area contributed by atoms with Gasteiger partial charge in [-0.15, -0.1) is 0 Å². The summed E-state index contributed by atoms with van der Waals surface area (Å²) < 4.78 is 18.2. The van der Waals surface area contributed by atoms with Gasteiger partial charge in [-0.05, 0) is 48.7 Å². The van der Waals surface area contributed by atoms with E-state index in [1.54, 1.807) is 10.7 Å². The molecule has 7 rings (SSSR count). The first-order valence-corrected chi connectivity index (χ1v) is 14.5. The van der Waals surface area contributed by atoms with Crippen LogP contribution in [-0.4, -0.2) is 71.1 Å². The average molecular weight is 601 g/mol. The number of aromatic nitrogens is 3. The van der Waals surface area contributed by atoms with E-state index in [-0.39, 0.29) is 23.4 Å². The van der Waals surface area contributed by atoms with Gasteiger partial charge in [0.1, 0.15) is 0 Å². The highest BCUT2D eigenvalue weighted by Crippen LogP contribution is 2.40. The molecule has 1 fully saturated rings. The largest absolute Gasteiger partial charge is 0.454 e. The van der Waals surface area contributed by atoms with Crippen molar-refractivity contribution in [3.05, 3.63) is 81.8 Å². The van der Waals surface area contributed by atoms with Gasteiger partial charge >= 0.3 is 0 Å². The second-order valence-corrected chi connectivity index (χ2v) is 11.1. The number of nitrogens with one attached hydrogen (secondary N) is 1. The summed E-state index contributed by atoms with van der Waals surface area (Å²) in [4.78, 5) is 32.6. The zero-order chi connectivity index (χ0) is 29.5. The van der Waals surface area contributed by atoms with Crippen molar-refractivity contribution in [1.29, 1.82) is 0 Å². The summed E-state index contributed by atoms with van der Waals surface area (Å²) >= 11 is 6.42. The van der Waals surface area contributed by atoms with Crippen molar-refractivity contribution in [1.82, 2.24) is 19.7 Å². The van der Waals surface area contributed by atoms with E-state index >= 15 is 0 Å². The molecule has 0 unspecified atom stereocenters. The van der Waals surface area contributed by atoms with Crippen LogP contribution in [0.4, 0.5) is 5.69 Å². The lowest BCUT2D eigenvalue weighted by atomic mass is 9.88. The molecule has 12 heteroatoms. The first kappa shape index (κ1) is 27.4. The van der Waals surface area contributed by atoms with E-state index < -0.39 is 5.91 Å². The fourth-order valence-corrected chi connectivity index (χ4v) is 6.00. The number of nitrogens with two attached hydrogens (primary N) is 1. The number of ether oxygens (including phenoxy) is 3. The Kier molecular flexibility index (Phi) is 7.21. The maximum absolute atomic E-state index is 13.4. The lowest BCUT2D eigenvalue weighted by molar-refractivity contribution is 0.0383. The van der Waals surface area contributed by atoms with Crippen LogP contribution < -0.4 is 20.5 Å². The van der Waals surface area contributed by atoms with Gasteiger partial charge in [0.25, 0.3) is 11.8 Å². The number of amides is 2. The second kappa shape index (κ2) is 11.3. The quantitative estimate of drug-likeness (QED) is 0.328. The third kappa shape index (κ3) is 5.31. The van der Waals surface area contributed by atoms with Gasteiger partial charge in [-0.3, -0.25) is 19.5 Å². The van der Waals surface area contributed by atoms with Crippen molar-refractivity contribution in [2.45, 2.75) is 19.3 Å². The molecule has 0 bridgehead atoms. The lowest BCUT2D eigenvalue weighted by Gasteiger charge is -2.26. The summed E-state index contributed by atoms with van der Waals surface area (Å²) in [6.45, 7) is 4.20. The Labute approximate surface area is 252 Å². The van der Waals surface area contributed by atoms with Crippen LogP contribution in [0.2, 0.25) is 5.02 Å². The van der Waals surface area contributed by atoms with Crippen LogP contribution >= 0.6 is 11.6 Å². The molecule has 0 saturated carbocycles. The van der Waals surface area contributed by atoms with Crippen LogP contribution in [0.5, 0.6) is 11.5 Å². The standard InChI is InChI=1S/C31H29ClN6O5/c32-25-16-34-19(7-8-37-9-11-41-12-10-37)13-24(25)31(40)35-20-3-1-18-2-5-22-28(30(33)39)36-38(29(22)23(18)14-20)21-4-6-26-27(15-21)43-17-42-26/h1,3-4,6,13-16H,2,5,7-12,17H2,(H2,33,39)(H,35,40). The van der Waals surface area contributed by atoms with Crippen LogP contribution in [0.1, 0.15) is 37.7 Å². The molecule has 2 amide bonds. The van der Waals surface area contributed by atoms with Gasteiger partial charge in [-0.25, -0.2) is 4.68 Å². The Balaban J connectivity index is 1.18. The number of primary amides is 1. The van der Waals surface area contributed by atoms with Crippen LogP contribution in [0.15, 0.2) is 48.7 Å². The van der Waals surface area contributed by atoms with Crippen LogP contribution in [0, 0.1) is 0 Å². The highest BCUT2D eigenvalue weighted by atomic mass is 35.5. The number of halogens is 1. The van der Waals surface area contributed by atoms with Crippen molar-refractivity contribution in [3.8, 4) is 28.4 Å². The van der Waals surface area contributed by atoms with E-state index in [2.05, 4.69) is 20.3 Å². The zero-order valence-corrected chi connectivity index (χ0v) is 24.0. The molecule has 2 aliphatic heterocycles. The minimum Gasteiger partial charge on any atom is -0.454 e. The van der Waals surface area contributed by atoms with Crippen LogP contribution in [0.3, 0.4) is 0 Å². The first-order valence-electron chi connectivity index (χ1n) is 14.2. The fraction of sp³-hybridized carbons (Fsp3) is 0.290. The van der Waals surface area contributed by atoms with E-state index in [9.17, 15) is 9.59 Å². The topological polar surface area (TPSA) is 134 Å². The molecule has 2 aromatic carbocycles. The Hall–Kier alpha value is -4.45. The number of hydrogen-bond donors (Lipinski definition) is 2. The van der Waals surface area contributed by atoms with Gasteiger partial charge in [-0.2, -0.15) is 5.10 Å². The number of anilines is 1. The summed E-state index contributed by atoms with van der Waals surface area (Å²) in [5, 5.41) is 7.90. The SMILES string of the molecule is NC(=O)c1nn(-c2ccc3c(c2)OCO3)c2c1CCc1ccc(NC(=O)c3cc(CCN4CCOCC4)ncc3Cl)cc1-2. The number of rotatable bonds is 7. The van der Waals surface area contributed by atoms with Crippen molar-refractivity contribution in [2.24, 2.45) is 5.73 Å². The Morgan fingerprint density at radius 2 is 1.86 bits per heavy atom. The van der Waals surface area contributed by atoms with Gasteiger partial charge in [0.2, 0.25) is 6.79 Å². The molecule has 3 aliphatic rings. The molecule has 3 N–H and O–H groups in total. The zero-order valence-electron chi connectivity index (χ0n) is 23.3. The first-order chi connectivity index (χ1) is 20.9. The predicted octanol–water partition coefficient (Wildman–Crippen LogP) is 3.64. The molecule has 2 aromatic heterocycles. The number of aryl methyl sites for hydroxylation is 1. The van der Waals surface area contributed by atoms with E-state index in [0.29, 0.717) is 47.7 Å². The molecular weight excluding hydrogens is 572 g/mol. The van der Waals surface area contributed by atoms with E-state index in [4.69, 9.17) is 31.5 Å². The maximum atomic E-state index is 13.4. The van der Waals surface area contributed by atoms with E-state index in [0.717, 1.165) is 60.9 Å². The van der Waals surface area contributed by atoms with Crippen LogP contribution in [-0.2, 0) is 24.0 Å². The molecule has 220 valence electrons. The van der Waals surface area contributed by atoms with Crippen molar-refractivity contribution in [2.75, 3.05) is 45.0 Å². The predicted molar refractivity (Wildman–Crippen MR) is 159 cm³/mol. The Morgan fingerprint density at radius 3 is 2.70 bits per heavy atom. The monoisotopic (exact) mass is 600 g/mol. The third-order valence-corrected chi connectivity index (χ3v) is 8.33. The van der Waals surface area contributed by atoms with Crippen LogP contribution in [0.25, 0.3) is 16.9 Å². The molecular formula is C31H29ClN6O5. The minimum absolute atomic E-state index is 0.144. The second-order valence-electron chi connectivity index (χ2n) is 10.7. The molecule has 1 saturated heterocycles. The van der Waals surface area contributed by atoms with Gasteiger partial charge in [0.05, 0.1) is 35.2 Å². The average Bonchev–Trinajstić information content (AvgIpc) is 3.66. The van der Waals surface area contributed by atoms with E-state index in [1.807, 2.05) is 36.4 Å². The molecule has 43 heavy (non-hydrogen) atoms. The number of benzene rings is 2. The third-order valence-electron chi connectivity index (χ3n) is 8.03. The van der Waals surface area contributed by atoms with Gasteiger partial charge < -0.3 is 25.3 Å². The summed E-state index contributed by atoms with van der Waals surface area (Å²) in [5.41, 5.74) is 11.8. The Bertz CT molecular complexity index is 1750. The van der Waals surface area contributed by atoms with Gasteiger partial charge in [0.15, 0.2) is 17.2 Å². The highest BCUT2D eigenvalue weighted by molar-refractivity contribution is 6.34. The summed E-state index contributed by atoms with van der Waals surface area (Å²) in [7, 11) is 0.